The molecule has 0 aromatic heterocycles. The van der Waals surface area contributed by atoms with E-state index >= 15 is 0 Å². The topological polar surface area (TPSA) is 63.2 Å². The summed E-state index contributed by atoms with van der Waals surface area (Å²) in [4.78, 5) is 14.7. The molecule has 0 aliphatic carbocycles. The molecule has 3 aromatic carbocycles. The van der Waals surface area contributed by atoms with Gasteiger partial charge in [0, 0.05) is 25.2 Å². The fourth-order valence-electron chi connectivity index (χ4n) is 3.51. The molecule has 1 saturated heterocycles. The summed E-state index contributed by atoms with van der Waals surface area (Å²) in [5.41, 5.74) is 7.58. The second-order valence-corrected chi connectivity index (χ2v) is 8.13. The molecule has 3 aromatic rings. The van der Waals surface area contributed by atoms with Crippen molar-refractivity contribution in [3.8, 4) is 5.75 Å². The molecule has 170 valence electrons. The maximum atomic E-state index is 12.4. The first-order valence-corrected chi connectivity index (χ1v) is 11.2. The first-order valence-electron chi connectivity index (χ1n) is 11.2. The maximum Gasteiger partial charge on any atom is 0.271 e. The maximum absolute atomic E-state index is 12.4. The van der Waals surface area contributed by atoms with Gasteiger partial charge in [-0.3, -0.25) is 9.69 Å². The van der Waals surface area contributed by atoms with Crippen LogP contribution in [-0.2, 0) is 17.9 Å². The van der Waals surface area contributed by atoms with Crippen molar-refractivity contribution in [1.29, 1.82) is 0 Å². The Balaban J connectivity index is 1.23. The summed E-state index contributed by atoms with van der Waals surface area (Å²) in [6, 6.07) is 23.5. The third kappa shape index (κ3) is 7.00. The van der Waals surface area contributed by atoms with Gasteiger partial charge in [-0.25, -0.2) is 5.43 Å². The molecule has 1 heterocycles. The van der Waals surface area contributed by atoms with Crippen LogP contribution in [0.1, 0.15) is 32.6 Å². The van der Waals surface area contributed by atoms with Crippen LogP contribution in [0.5, 0.6) is 5.75 Å². The molecule has 0 unspecified atom stereocenters. The Morgan fingerprint density at radius 1 is 0.970 bits per heavy atom. The zero-order chi connectivity index (χ0) is 22.9. The zero-order valence-corrected chi connectivity index (χ0v) is 18.9. The minimum atomic E-state index is -0.234. The van der Waals surface area contributed by atoms with Gasteiger partial charge in [0.1, 0.15) is 12.4 Å². The minimum absolute atomic E-state index is 0.234. The number of aryl methyl sites for hydroxylation is 1. The van der Waals surface area contributed by atoms with E-state index in [4.69, 9.17) is 9.47 Å². The van der Waals surface area contributed by atoms with Crippen LogP contribution in [0.3, 0.4) is 0 Å². The number of carbonyl (C=O) groups excluding carboxylic acids is 1. The Morgan fingerprint density at radius 2 is 1.64 bits per heavy atom. The predicted molar refractivity (Wildman–Crippen MR) is 130 cm³/mol. The summed E-state index contributed by atoms with van der Waals surface area (Å²) in [5, 5.41) is 4.08. The Labute approximate surface area is 194 Å². The second-order valence-electron chi connectivity index (χ2n) is 8.13. The summed E-state index contributed by atoms with van der Waals surface area (Å²) in [6.45, 7) is 6.90. The van der Waals surface area contributed by atoms with Gasteiger partial charge < -0.3 is 9.47 Å². The zero-order valence-electron chi connectivity index (χ0n) is 18.9. The molecule has 0 atom stereocenters. The molecule has 1 aliphatic rings. The van der Waals surface area contributed by atoms with Crippen molar-refractivity contribution in [1.82, 2.24) is 10.3 Å². The lowest BCUT2D eigenvalue weighted by Crippen LogP contribution is -2.35. The standard InChI is InChI=1S/C27H29N3O3/c1-21-2-4-24(5-3-21)20-33-26-12-8-22(9-13-26)18-28-29-27(31)25-10-6-23(7-11-25)19-30-14-16-32-17-15-30/h2-13,18H,14-17,19-20H2,1H3,(H,29,31)/b28-18-. The summed E-state index contributed by atoms with van der Waals surface area (Å²) < 4.78 is 11.2. The highest BCUT2D eigenvalue weighted by Gasteiger charge is 2.11. The minimum Gasteiger partial charge on any atom is -0.489 e. The SMILES string of the molecule is Cc1ccc(COc2ccc(/C=N\NC(=O)c3ccc(CN4CCOCC4)cc3)cc2)cc1. The molecule has 0 radical (unpaired) electrons. The number of nitrogens with zero attached hydrogens (tertiary/aromatic N) is 2. The van der Waals surface area contributed by atoms with Crippen LogP contribution >= 0.6 is 0 Å². The molecule has 33 heavy (non-hydrogen) atoms. The largest absolute Gasteiger partial charge is 0.489 e. The Kier molecular flexibility index (Phi) is 7.85. The first kappa shape index (κ1) is 22.7. The van der Waals surface area contributed by atoms with Gasteiger partial charge in [-0.05, 0) is 60.0 Å². The average molecular weight is 444 g/mol. The van der Waals surface area contributed by atoms with Crippen LogP contribution in [-0.4, -0.2) is 43.3 Å². The molecule has 0 bridgehead atoms. The Hall–Kier alpha value is -3.48. The molecular formula is C27H29N3O3. The van der Waals surface area contributed by atoms with E-state index in [9.17, 15) is 4.79 Å². The van der Waals surface area contributed by atoms with Crippen LogP contribution in [0.15, 0.2) is 77.9 Å². The van der Waals surface area contributed by atoms with E-state index in [1.165, 1.54) is 11.1 Å². The summed E-state index contributed by atoms with van der Waals surface area (Å²) in [5.74, 6) is 0.552. The lowest BCUT2D eigenvalue weighted by molar-refractivity contribution is 0.0342. The number of ether oxygens (including phenoxy) is 2. The number of hydrazone groups is 1. The number of hydrogen-bond acceptors (Lipinski definition) is 5. The number of benzene rings is 3. The van der Waals surface area contributed by atoms with E-state index in [0.717, 1.165) is 49.7 Å². The van der Waals surface area contributed by atoms with Crippen LogP contribution in [0.25, 0.3) is 0 Å². The van der Waals surface area contributed by atoms with Crippen molar-refractivity contribution in [3.05, 3.63) is 101 Å². The number of amides is 1. The normalized spacial score (nSPS) is 14.3. The van der Waals surface area contributed by atoms with E-state index in [1.54, 1.807) is 6.21 Å². The van der Waals surface area contributed by atoms with E-state index in [2.05, 4.69) is 46.6 Å². The van der Waals surface area contributed by atoms with Crippen molar-refractivity contribution in [2.24, 2.45) is 5.10 Å². The molecule has 6 heteroatoms. The van der Waals surface area contributed by atoms with Crippen LogP contribution < -0.4 is 10.2 Å². The number of carbonyl (C=O) groups is 1. The summed E-state index contributed by atoms with van der Waals surface area (Å²) in [6.07, 6.45) is 1.62. The molecule has 1 amide bonds. The smallest absolute Gasteiger partial charge is 0.271 e. The van der Waals surface area contributed by atoms with Gasteiger partial charge in [0.15, 0.2) is 0 Å². The van der Waals surface area contributed by atoms with Gasteiger partial charge in [-0.15, -0.1) is 0 Å². The van der Waals surface area contributed by atoms with Crippen molar-refractivity contribution in [2.45, 2.75) is 20.1 Å². The highest BCUT2D eigenvalue weighted by Crippen LogP contribution is 2.14. The van der Waals surface area contributed by atoms with Gasteiger partial charge in [0.2, 0.25) is 0 Å². The second kappa shape index (κ2) is 11.4. The fraction of sp³-hybridized carbons (Fsp3) is 0.259. The molecule has 4 rings (SSSR count). The number of nitrogens with one attached hydrogen (secondary N) is 1. The lowest BCUT2D eigenvalue weighted by Gasteiger charge is -2.26. The summed E-state index contributed by atoms with van der Waals surface area (Å²) in [7, 11) is 0. The fourth-order valence-corrected chi connectivity index (χ4v) is 3.51. The number of morpholine rings is 1. The molecule has 1 fully saturated rings. The molecule has 1 aliphatic heterocycles. The molecule has 6 nitrogen and oxygen atoms in total. The average Bonchev–Trinajstić information content (AvgIpc) is 2.85. The van der Waals surface area contributed by atoms with Crippen LogP contribution in [0.2, 0.25) is 0 Å². The van der Waals surface area contributed by atoms with Gasteiger partial charge in [0.25, 0.3) is 5.91 Å². The third-order valence-corrected chi connectivity index (χ3v) is 5.51. The molecular weight excluding hydrogens is 414 g/mol. The molecule has 0 spiro atoms. The predicted octanol–water partition coefficient (Wildman–Crippen LogP) is 4.17. The van der Waals surface area contributed by atoms with E-state index < -0.39 is 0 Å². The third-order valence-electron chi connectivity index (χ3n) is 5.51. The van der Waals surface area contributed by atoms with Gasteiger partial charge in [0.05, 0.1) is 19.4 Å². The highest BCUT2D eigenvalue weighted by atomic mass is 16.5. The van der Waals surface area contributed by atoms with Gasteiger partial charge >= 0.3 is 0 Å². The van der Waals surface area contributed by atoms with E-state index in [1.807, 2.05) is 48.5 Å². The van der Waals surface area contributed by atoms with Gasteiger partial charge in [-0.1, -0.05) is 42.0 Å². The lowest BCUT2D eigenvalue weighted by atomic mass is 10.1. The van der Waals surface area contributed by atoms with Crippen molar-refractivity contribution < 1.29 is 14.3 Å². The number of rotatable bonds is 8. The number of hydrogen-bond donors (Lipinski definition) is 1. The van der Waals surface area contributed by atoms with Crippen molar-refractivity contribution in [2.75, 3.05) is 26.3 Å². The highest BCUT2D eigenvalue weighted by molar-refractivity contribution is 5.94. The molecule has 0 saturated carbocycles. The quantitative estimate of drug-likeness (QED) is 0.419. The summed E-state index contributed by atoms with van der Waals surface area (Å²) >= 11 is 0. The van der Waals surface area contributed by atoms with Crippen LogP contribution in [0, 0.1) is 6.92 Å². The van der Waals surface area contributed by atoms with Crippen molar-refractivity contribution in [3.63, 3.8) is 0 Å². The van der Waals surface area contributed by atoms with Crippen LogP contribution in [0.4, 0.5) is 0 Å². The van der Waals surface area contributed by atoms with Gasteiger partial charge in [-0.2, -0.15) is 5.10 Å². The molecule has 1 N–H and O–H groups in total. The van der Waals surface area contributed by atoms with E-state index in [0.29, 0.717) is 12.2 Å². The van der Waals surface area contributed by atoms with Crippen molar-refractivity contribution >= 4 is 12.1 Å². The van der Waals surface area contributed by atoms with E-state index in [-0.39, 0.29) is 5.91 Å². The first-order chi connectivity index (χ1) is 16.2. The monoisotopic (exact) mass is 443 g/mol. The Morgan fingerprint density at radius 3 is 2.33 bits per heavy atom. The Bertz CT molecular complexity index is 1060.